The van der Waals surface area contributed by atoms with Crippen LogP contribution in [0.15, 0.2) is 87.0 Å². The first-order valence-corrected chi connectivity index (χ1v) is 11.4. The number of benzene rings is 3. The molecule has 0 aliphatic carbocycles. The third kappa shape index (κ3) is 4.27. The summed E-state index contributed by atoms with van der Waals surface area (Å²) in [7, 11) is 0. The number of halogens is 3. The van der Waals surface area contributed by atoms with Gasteiger partial charge in [-0.05, 0) is 60.4 Å². The van der Waals surface area contributed by atoms with E-state index in [2.05, 4.69) is 0 Å². The Balaban J connectivity index is 1.77. The van der Waals surface area contributed by atoms with Crippen molar-refractivity contribution >= 4 is 46.9 Å². The third-order valence-corrected chi connectivity index (χ3v) is 6.69. The number of anilines is 2. The summed E-state index contributed by atoms with van der Waals surface area (Å²) in [5, 5.41) is 9.71. The van der Waals surface area contributed by atoms with Gasteiger partial charge in [-0.3, -0.25) is 9.69 Å². The van der Waals surface area contributed by atoms with Crippen LogP contribution in [0.4, 0.5) is 24.5 Å². The summed E-state index contributed by atoms with van der Waals surface area (Å²) >= 11 is 3.08. The molecule has 4 rings (SSSR count). The molecule has 0 saturated carbocycles. The van der Waals surface area contributed by atoms with Gasteiger partial charge in [0.05, 0.1) is 16.9 Å². The summed E-state index contributed by atoms with van der Waals surface area (Å²) in [6.07, 6.45) is -1.21. The molecule has 3 nitrogen and oxygen atoms in total. The predicted molar refractivity (Wildman–Crippen MR) is 121 cm³/mol. The first-order valence-electron chi connectivity index (χ1n) is 9.40. The van der Waals surface area contributed by atoms with Gasteiger partial charge in [0.1, 0.15) is 11.6 Å². The Hall–Kier alpha value is -3.15. The van der Waals surface area contributed by atoms with Crippen LogP contribution >= 0.6 is 23.5 Å². The van der Waals surface area contributed by atoms with Crippen molar-refractivity contribution in [3.05, 3.63) is 83.4 Å². The van der Waals surface area contributed by atoms with Gasteiger partial charge < -0.3 is 0 Å². The number of thioether (sulfide) groups is 1. The normalized spacial score (nSPS) is 13.2. The molecule has 0 N–H and O–H groups in total. The quantitative estimate of drug-likeness (QED) is 0.232. The number of carbonyl (C=O) groups is 1. The number of rotatable bonds is 3. The van der Waals surface area contributed by atoms with E-state index in [-0.39, 0.29) is 5.57 Å². The van der Waals surface area contributed by atoms with Crippen LogP contribution in [0.1, 0.15) is 11.1 Å². The summed E-state index contributed by atoms with van der Waals surface area (Å²) < 4.78 is 38.5. The molecule has 0 radical (unpaired) electrons. The highest BCUT2D eigenvalue weighted by molar-refractivity contribution is 8.00. The van der Waals surface area contributed by atoms with Gasteiger partial charge in [0.2, 0.25) is 0 Å². The molecule has 0 atom stereocenters. The predicted octanol–water partition coefficient (Wildman–Crippen LogP) is 7.16. The first kappa shape index (κ1) is 22.1. The Morgan fingerprint density at radius 1 is 1.03 bits per heavy atom. The number of amides is 1. The van der Waals surface area contributed by atoms with E-state index in [0.717, 1.165) is 26.8 Å². The maximum absolute atomic E-state index is 13.5. The molecule has 0 unspecified atom stereocenters. The molecule has 3 aromatic carbocycles. The molecule has 0 spiro atoms. The number of fused-ring (bicyclic) bond motifs is 2. The van der Waals surface area contributed by atoms with Crippen molar-refractivity contribution in [2.24, 2.45) is 0 Å². The van der Waals surface area contributed by atoms with E-state index in [1.165, 1.54) is 46.6 Å². The van der Waals surface area contributed by atoms with E-state index in [1.54, 1.807) is 0 Å². The molecule has 1 amide bonds. The molecule has 1 heterocycles. The van der Waals surface area contributed by atoms with E-state index in [4.69, 9.17) is 0 Å². The first-order chi connectivity index (χ1) is 15.3. The third-order valence-electron chi connectivity index (χ3n) is 4.84. The van der Waals surface area contributed by atoms with Crippen LogP contribution < -0.4 is 4.90 Å². The monoisotopic (exact) mass is 468 g/mol. The highest BCUT2D eigenvalue weighted by Crippen LogP contribution is 2.49. The summed E-state index contributed by atoms with van der Waals surface area (Å²) in [6, 6.07) is 19.5. The second-order valence-corrected chi connectivity index (χ2v) is 8.80. The largest absolute Gasteiger partial charge is 0.416 e. The van der Waals surface area contributed by atoms with Crippen LogP contribution in [0.3, 0.4) is 0 Å². The van der Waals surface area contributed by atoms with E-state index in [0.29, 0.717) is 16.9 Å². The second-order valence-electron chi connectivity index (χ2n) is 6.83. The van der Waals surface area contributed by atoms with Crippen LogP contribution in [0.2, 0.25) is 0 Å². The molecule has 3 aromatic rings. The zero-order valence-corrected chi connectivity index (χ0v) is 18.3. The van der Waals surface area contributed by atoms with Crippen molar-refractivity contribution in [2.45, 2.75) is 20.9 Å². The molecule has 0 saturated heterocycles. The topological polar surface area (TPSA) is 44.1 Å². The number of carbonyl (C=O) groups excluding carboxylic acids is 1. The van der Waals surface area contributed by atoms with Crippen LogP contribution in [0, 0.1) is 11.3 Å². The summed E-state index contributed by atoms with van der Waals surface area (Å²) in [6.45, 7) is 0. The molecule has 0 bridgehead atoms. The van der Waals surface area contributed by atoms with Crippen molar-refractivity contribution in [3.8, 4) is 6.07 Å². The Labute approximate surface area is 191 Å². The molecule has 32 heavy (non-hydrogen) atoms. The number of hydrogen-bond acceptors (Lipinski definition) is 4. The minimum atomic E-state index is -4.45. The molecule has 0 fully saturated rings. The van der Waals surface area contributed by atoms with E-state index in [1.807, 2.05) is 54.8 Å². The van der Waals surface area contributed by atoms with Gasteiger partial charge in [0.15, 0.2) is 0 Å². The summed E-state index contributed by atoms with van der Waals surface area (Å²) in [5.41, 5.74) is 0.688. The van der Waals surface area contributed by atoms with Crippen LogP contribution in [0.5, 0.6) is 0 Å². The van der Waals surface area contributed by atoms with Crippen molar-refractivity contribution in [1.29, 1.82) is 5.26 Å². The number of nitrogens with zero attached hydrogens (tertiary/aromatic N) is 2. The molecule has 1 aliphatic heterocycles. The Kier molecular flexibility index (Phi) is 6.04. The van der Waals surface area contributed by atoms with Crippen LogP contribution in [0.25, 0.3) is 6.08 Å². The van der Waals surface area contributed by atoms with Gasteiger partial charge in [-0.1, -0.05) is 36.0 Å². The van der Waals surface area contributed by atoms with Gasteiger partial charge in [-0.15, -0.1) is 11.8 Å². The minimum Gasteiger partial charge on any atom is -0.274 e. The Morgan fingerprint density at radius 3 is 2.38 bits per heavy atom. The van der Waals surface area contributed by atoms with Crippen LogP contribution in [-0.4, -0.2) is 12.2 Å². The second kappa shape index (κ2) is 8.77. The van der Waals surface area contributed by atoms with Gasteiger partial charge in [-0.2, -0.15) is 18.4 Å². The lowest BCUT2D eigenvalue weighted by Crippen LogP contribution is -2.29. The molecule has 0 aromatic heterocycles. The van der Waals surface area contributed by atoms with Gasteiger partial charge >= 0.3 is 6.18 Å². The summed E-state index contributed by atoms with van der Waals surface area (Å²) in [4.78, 5) is 17.7. The van der Waals surface area contributed by atoms with Crippen molar-refractivity contribution < 1.29 is 18.0 Å². The Bertz CT molecular complexity index is 1260. The molecule has 1 aliphatic rings. The van der Waals surface area contributed by atoms with Gasteiger partial charge in [0.25, 0.3) is 5.91 Å². The van der Waals surface area contributed by atoms with E-state index in [9.17, 15) is 23.2 Å². The van der Waals surface area contributed by atoms with Crippen LogP contribution in [-0.2, 0) is 11.0 Å². The smallest absolute Gasteiger partial charge is 0.274 e. The SMILES string of the molecule is CSc1ccc2c(c1)N(C(=O)/C(C#N)=C/c1ccc(C(F)(F)F)cc1)c1ccccc1S2. The van der Waals surface area contributed by atoms with Gasteiger partial charge in [0, 0.05) is 14.7 Å². The number of alkyl halides is 3. The minimum absolute atomic E-state index is 0.174. The fourth-order valence-corrected chi connectivity index (χ4v) is 4.75. The fourth-order valence-electron chi connectivity index (χ4n) is 3.28. The lowest BCUT2D eigenvalue weighted by molar-refractivity contribution is -0.137. The van der Waals surface area contributed by atoms with E-state index < -0.39 is 17.6 Å². The fraction of sp³-hybridized carbons (Fsp3) is 0.0833. The molecular weight excluding hydrogens is 453 g/mol. The summed E-state index contributed by atoms with van der Waals surface area (Å²) in [5.74, 6) is -0.542. The number of nitriles is 1. The molecule has 160 valence electrons. The Morgan fingerprint density at radius 2 is 1.72 bits per heavy atom. The van der Waals surface area contributed by atoms with Gasteiger partial charge in [-0.25, -0.2) is 0 Å². The van der Waals surface area contributed by atoms with E-state index >= 15 is 0 Å². The molecular formula is C24H15F3N2OS2. The zero-order chi connectivity index (χ0) is 22.9. The maximum atomic E-state index is 13.5. The van der Waals surface area contributed by atoms with Crippen molar-refractivity contribution in [3.63, 3.8) is 0 Å². The average Bonchev–Trinajstić information content (AvgIpc) is 2.80. The highest BCUT2D eigenvalue weighted by Gasteiger charge is 2.31. The lowest BCUT2D eigenvalue weighted by atomic mass is 10.1. The highest BCUT2D eigenvalue weighted by atomic mass is 32.2. The maximum Gasteiger partial charge on any atom is 0.416 e. The zero-order valence-electron chi connectivity index (χ0n) is 16.7. The average molecular weight is 469 g/mol. The standard InChI is InChI=1S/C24H15F3N2OS2/c1-31-18-10-11-22-20(13-18)29(19-4-2-3-5-21(19)32-22)23(30)16(14-28)12-15-6-8-17(9-7-15)24(25,26)27/h2-13H,1H3/b16-12+. The number of para-hydroxylation sites is 1. The molecule has 8 heteroatoms. The van der Waals surface area contributed by atoms with Crippen molar-refractivity contribution in [2.75, 3.05) is 11.2 Å². The van der Waals surface area contributed by atoms with Crippen molar-refractivity contribution in [1.82, 2.24) is 0 Å². The lowest BCUT2D eigenvalue weighted by Gasteiger charge is -2.31. The number of hydrogen-bond donors (Lipinski definition) is 0.